The van der Waals surface area contributed by atoms with Gasteiger partial charge in [-0.3, -0.25) is 4.90 Å². The Morgan fingerprint density at radius 1 is 1.32 bits per heavy atom. The van der Waals surface area contributed by atoms with Crippen molar-refractivity contribution in [3.05, 3.63) is 0 Å². The number of hydrogen-bond acceptors (Lipinski definition) is 4. The monoisotopic (exact) mass is 286 g/mol. The van der Waals surface area contributed by atoms with Gasteiger partial charge in [0.15, 0.2) is 0 Å². The standard InChI is InChI=1S/C15H30N2OS/c1-4-13-11-15(12-16,6-9-18-13)17-7-5-14(2,3)19-10-8-17/h13H,4-12,16H2,1-3H3. The van der Waals surface area contributed by atoms with Gasteiger partial charge in [-0.1, -0.05) is 20.8 Å². The molecule has 2 aliphatic rings. The Balaban J connectivity index is 2.07. The lowest BCUT2D eigenvalue weighted by molar-refractivity contribution is -0.0706. The van der Waals surface area contributed by atoms with Crippen LogP contribution in [0.3, 0.4) is 0 Å². The highest BCUT2D eigenvalue weighted by molar-refractivity contribution is 8.00. The summed E-state index contributed by atoms with van der Waals surface area (Å²) >= 11 is 2.11. The zero-order valence-corrected chi connectivity index (χ0v) is 13.6. The zero-order chi connectivity index (χ0) is 13.9. The Kier molecular flexibility index (Phi) is 5.21. The van der Waals surface area contributed by atoms with Crippen molar-refractivity contribution in [2.75, 3.05) is 32.0 Å². The van der Waals surface area contributed by atoms with Crippen LogP contribution in [0.1, 0.15) is 46.5 Å². The molecule has 0 bridgehead atoms. The Labute approximate surface area is 122 Å². The van der Waals surface area contributed by atoms with Gasteiger partial charge in [0.25, 0.3) is 0 Å². The molecule has 2 atom stereocenters. The molecule has 0 aromatic rings. The Hall–Kier alpha value is 0.230. The lowest BCUT2D eigenvalue weighted by Crippen LogP contribution is -2.59. The topological polar surface area (TPSA) is 38.5 Å². The average Bonchev–Trinajstić information content (AvgIpc) is 2.60. The summed E-state index contributed by atoms with van der Waals surface area (Å²) in [4.78, 5) is 2.68. The van der Waals surface area contributed by atoms with E-state index in [1.807, 2.05) is 0 Å². The Morgan fingerprint density at radius 3 is 2.79 bits per heavy atom. The van der Waals surface area contributed by atoms with Crippen LogP contribution in [0.4, 0.5) is 0 Å². The van der Waals surface area contributed by atoms with Gasteiger partial charge in [-0.15, -0.1) is 0 Å². The predicted molar refractivity (Wildman–Crippen MR) is 83.8 cm³/mol. The first-order valence-electron chi connectivity index (χ1n) is 7.72. The molecule has 0 spiro atoms. The van der Waals surface area contributed by atoms with Crippen LogP contribution in [0.2, 0.25) is 0 Å². The molecule has 0 aromatic heterocycles. The molecule has 2 fully saturated rings. The smallest absolute Gasteiger partial charge is 0.0590 e. The molecule has 4 heteroatoms. The molecule has 0 radical (unpaired) electrons. The third-order valence-electron chi connectivity index (χ3n) is 4.87. The summed E-state index contributed by atoms with van der Waals surface area (Å²) in [5.74, 6) is 1.23. The first-order valence-corrected chi connectivity index (χ1v) is 8.70. The van der Waals surface area contributed by atoms with Crippen LogP contribution in [0.25, 0.3) is 0 Å². The maximum atomic E-state index is 6.20. The second kappa shape index (κ2) is 6.33. The quantitative estimate of drug-likeness (QED) is 0.865. The molecule has 0 aromatic carbocycles. The lowest BCUT2D eigenvalue weighted by atomic mass is 9.83. The summed E-state index contributed by atoms with van der Waals surface area (Å²) < 4.78 is 6.28. The summed E-state index contributed by atoms with van der Waals surface area (Å²) in [6, 6.07) is 0. The Morgan fingerprint density at radius 2 is 2.11 bits per heavy atom. The molecule has 2 N–H and O–H groups in total. The van der Waals surface area contributed by atoms with Crippen molar-refractivity contribution in [2.24, 2.45) is 5.73 Å². The van der Waals surface area contributed by atoms with Gasteiger partial charge in [0.2, 0.25) is 0 Å². The number of thioether (sulfide) groups is 1. The molecule has 2 rings (SSSR count). The number of nitrogens with two attached hydrogens (primary N) is 1. The minimum Gasteiger partial charge on any atom is -0.378 e. The molecule has 2 heterocycles. The maximum absolute atomic E-state index is 6.20. The molecular formula is C15H30N2OS. The first-order chi connectivity index (χ1) is 9.01. The highest BCUT2D eigenvalue weighted by atomic mass is 32.2. The summed E-state index contributed by atoms with van der Waals surface area (Å²) in [6.45, 7) is 11.0. The van der Waals surface area contributed by atoms with Crippen LogP contribution in [-0.2, 0) is 4.74 Å². The van der Waals surface area contributed by atoms with Gasteiger partial charge < -0.3 is 10.5 Å². The van der Waals surface area contributed by atoms with E-state index in [1.54, 1.807) is 0 Å². The van der Waals surface area contributed by atoms with E-state index in [2.05, 4.69) is 37.4 Å². The van der Waals surface area contributed by atoms with Crippen molar-refractivity contribution in [1.82, 2.24) is 4.90 Å². The zero-order valence-electron chi connectivity index (χ0n) is 12.8. The second-order valence-electron chi connectivity index (χ2n) is 6.63. The fourth-order valence-corrected chi connectivity index (χ4v) is 4.46. The van der Waals surface area contributed by atoms with E-state index in [4.69, 9.17) is 10.5 Å². The van der Waals surface area contributed by atoms with Crippen molar-refractivity contribution in [3.63, 3.8) is 0 Å². The van der Waals surface area contributed by atoms with Gasteiger partial charge in [0, 0.05) is 42.3 Å². The maximum Gasteiger partial charge on any atom is 0.0590 e. The lowest BCUT2D eigenvalue weighted by Gasteiger charge is -2.48. The van der Waals surface area contributed by atoms with Crippen LogP contribution in [0.15, 0.2) is 0 Å². The SMILES string of the molecule is CCC1CC(CN)(N2CCSC(C)(C)CC2)CCO1. The van der Waals surface area contributed by atoms with Crippen molar-refractivity contribution in [3.8, 4) is 0 Å². The van der Waals surface area contributed by atoms with E-state index >= 15 is 0 Å². The average molecular weight is 286 g/mol. The summed E-state index contributed by atoms with van der Waals surface area (Å²) in [6.07, 6.45) is 4.99. The summed E-state index contributed by atoms with van der Waals surface area (Å²) in [7, 11) is 0. The van der Waals surface area contributed by atoms with Crippen molar-refractivity contribution >= 4 is 11.8 Å². The number of nitrogens with zero attached hydrogens (tertiary/aromatic N) is 1. The van der Waals surface area contributed by atoms with E-state index in [9.17, 15) is 0 Å². The fourth-order valence-electron chi connectivity index (χ4n) is 3.36. The highest BCUT2D eigenvalue weighted by Gasteiger charge is 2.41. The summed E-state index contributed by atoms with van der Waals surface area (Å²) in [5.41, 5.74) is 6.39. The molecule has 0 saturated carbocycles. The minimum absolute atomic E-state index is 0.194. The predicted octanol–water partition coefficient (Wildman–Crippen LogP) is 2.49. The first kappa shape index (κ1) is 15.6. The van der Waals surface area contributed by atoms with E-state index in [-0.39, 0.29) is 5.54 Å². The molecule has 0 amide bonds. The minimum atomic E-state index is 0.194. The number of hydrogen-bond donors (Lipinski definition) is 1. The fraction of sp³-hybridized carbons (Fsp3) is 1.00. The van der Waals surface area contributed by atoms with Gasteiger partial charge in [0.05, 0.1) is 6.10 Å². The van der Waals surface area contributed by atoms with Crippen molar-refractivity contribution < 1.29 is 4.74 Å². The van der Waals surface area contributed by atoms with Crippen LogP contribution < -0.4 is 5.73 Å². The molecule has 2 saturated heterocycles. The van der Waals surface area contributed by atoms with Gasteiger partial charge in [-0.2, -0.15) is 11.8 Å². The molecule has 0 aliphatic carbocycles. The number of rotatable bonds is 3. The van der Waals surface area contributed by atoms with Crippen LogP contribution in [-0.4, -0.2) is 53.3 Å². The highest BCUT2D eigenvalue weighted by Crippen LogP contribution is 2.37. The number of ether oxygens (including phenoxy) is 1. The van der Waals surface area contributed by atoms with Gasteiger partial charge in [-0.25, -0.2) is 0 Å². The largest absolute Gasteiger partial charge is 0.378 e. The van der Waals surface area contributed by atoms with Gasteiger partial charge >= 0.3 is 0 Å². The van der Waals surface area contributed by atoms with E-state index in [1.165, 1.54) is 25.3 Å². The summed E-state index contributed by atoms with van der Waals surface area (Å²) in [5, 5.41) is 0. The molecule has 2 unspecified atom stereocenters. The van der Waals surface area contributed by atoms with E-state index in [0.717, 1.165) is 32.4 Å². The molecular weight excluding hydrogens is 256 g/mol. The van der Waals surface area contributed by atoms with Crippen LogP contribution >= 0.6 is 11.8 Å². The van der Waals surface area contributed by atoms with E-state index in [0.29, 0.717) is 10.9 Å². The third-order valence-corrected chi connectivity index (χ3v) is 6.24. The van der Waals surface area contributed by atoms with Crippen LogP contribution in [0, 0.1) is 0 Å². The van der Waals surface area contributed by atoms with Crippen molar-refractivity contribution in [1.29, 1.82) is 0 Å². The molecule has 2 aliphatic heterocycles. The van der Waals surface area contributed by atoms with Crippen LogP contribution in [0.5, 0.6) is 0 Å². The second-order valence-corrected chi connectivity index (χ2v) is 8.43. The van der Waals surface area contributed by atoms with Crippen molar-refractivity contribution in [2.45, 2.75) is 62.8 Å². The third kappa shape index (κ3) is 3.66. The van der Waals surface area contributed by atoms with E-state index < -0.39 is 0 Å². The molecule has 112 valence electrons. The normalized spacial score (nSPS) is 36.9. The molecule has 3 nitrogen and oxygen atoms in total. The van der Waals surface area contributed by atoms with Gasteiger partial charge in [0.1, 0.15) is 0 Å². The Bertz CT molecular complexity index is 298. The molecule has 19 heavy (non-hydrogen) atoms. The van der Waals surface area contributed by atoms with Gasteiger partial charge in [-0.05, 0) is 25.7 Å².